The number of hydrogen-bond donors (Lipinski definition) is 1. The molecule has 0 aromatic carbocycles. The third kappa shape index (κ3) is 3.96. The number of halogens is 2. The molecule has 0 radical (unpaired) electrons. The van der Waals surface area contributed by atoms with Gasteiger partial charge in [0.1, 0.15) is 0 Å². The SMILES string of the molecule is ClC1=CC2N=CN(CC3C=c4sc(NC5CCCCC5)nc4=C[I-]3)C2N=C1. The van der Waals surface area contributed by atoms with Crippen LogP contribution < -0.4 is 36.4 Å². The molecule has 5 nitrogen and oxygen atoms in total. The molecule has 1 fully saturated rings. The Morgan fingerprint density at radius 2 is 2.11 bits per heavy atom. The second-order valence-corrected chi connectivity index (χ2v) is 11.8. The van der Waals surface area contributed by atoms with Gasteiger partial charge in [-0.3, -0.25) is 0 Å². The van der Waals surface area contributed by atoms with Gasteiger partial charge in [0.15, 0.2) is 0 Å². The summed E-state index contributed by atoms with van der Waals surface area (Å²) in [6.07, 6.45) is 14.8. The number of aliphatic imine (C=N–C) groups is 2. The summed E-state index contributed by atoms with van der Waals surface area (Å²) in [4.78, 5) is 16.3. The van der Waals surface area contributed by atoms with Gasteiger partial charge in [-0.05, 0) is 0 Å². The predicted molar refractivity (Wildman–Crippen MR) is 110 cm³/mol. The molecule has 8 heteroatoms. The second kappa shape index (κ2) is 7.83. The van der Waals surface area contributed by atoms with Crippen molar-refractivity contribution < 1.29 is 21.2 Å². The Morgan fingerprint density at radius 1 is 1.22 bits per heavy atom. The average Bonchev–Trinajstić information content (AvgIpc) is 3.25. The number of fused-ring (bicyclic) bond motifs is 2. The van der Waals surface area contributed by atoms with Gasteiger partial charge in [0.2, 0.25) is 0 Å². The van der Waals surface area contributed by atoms with Crippen LogP contribution in [-0.4, -0.2) is 51.2 Å². The molecule has 1 aromatic heterocycles. The summed E-state index contributed by atoms with van der Waals surface area (Å²) in [6, 6.07) is 0.678. The summed E-state index contributed by atoms with van der Waals surface area (Å²) in [5, 5.41) is 6.66. The fourth-order valence-corrected chi connectivity index (χ4v) is 8.16. The first-order valence-corrected chi connectivity index (χ1v) is 13.2. The third-order valence-electron chi connectivity index (χ3n) is 5.37. The molecule has 3 atom stereocenters. The number of nitrogens with zero attached hydrogens (tertiary/aromatic N) is 4. The Labute approximate surface area is 178 Å². The Bertz CT molecular complexity index is 917. The number of aromatic nitrogens is 1. The molecule has 1 aliphatic carbocycles. The minimum atomic E-state index is -0.0612. The van der Waals surface area contributed by atoms with Gasteiger partial charge < -0.3 is 0 Å². The maximum absolute atomic E-state index is 6.05. The predicted octanol–water partition coefficient (Wildman–Crippen LogP) is -0.877. The first-order valence-electron chi connectivity index (χ1n) is 9.51. The molecule has 4 aliphatic rings. The van der Waals surface area contributed by atoms with Crippen LogP contribution in [-0.2, 0) is 0 Å². The molecule has 1 aromatic rings. The van der Waals surface area contributed by atoms with E-state index in [1.165, 1.54) is 42.0 Å². The van der Waals surface area contributed by atoms with E-state index in [-0.39, 0.29) is 33.4 Å². The Balaban J connectivity index is 1.27. The number of alkyl halides is 1. The molecule has 1 saturated carbocycles. The Hall–Kier alpha value is -0.930. The van der Waals surface area contributed by atoms with Gasteiger partial charge in [0.05, 0.1) is 0 Å². The van der Waals surface area contributed by atoms with Gasteiger partial charge in [-0.1, -0.05) is 0 Å². The zero-order chi connectivity index (χ0) is 18.2. The molecule has 3 unspecified atom stereocenters. The summed E-state index contributed by atoms with van der Waals surface area (Å²) < 4.78 is 4.29. The van der Waals surface area contributed by atoms with Crippen molar-refractivity contribution in [3.63, 3.8) is 0 Å². The molecular formula is C19H22ClIN5S-. The van der Waals surface area contributed by atoms with Crippen LogP contribution >= 0.6 is 22.9 Å². The quantitative estimate of drug-likeness (QED) is 0.420. The topological polar surface area (TPSA) is 52.9 Å². The summed E-state index contributed by atoms with van der Waals surface area (Å²) in [6.45, 7) is 0.972. The number of hydrogen-bond acceptors (Lipinski definition) is 6. The fourth-order valence-electron chi connectivity index (χ4n) is 3.98. The summed E-state index contributed by atoms with van der Waals surface area (Å²) in [5.41, 5.74) is 0. The van der Waals surface area contributed by atoms with E-state index in [4.69, 9.17) is 16.6 Å². The van der Waals surface area contributed by atoms with Crippen LogP contribution in [0.2, 0.25) is 0 Å². The fraction of sp³-hybridized carbons (Fsp3) is 0.526. The minimum absolute atomic E-state index is 0.0612. The van der Waals surface area contributed by atoms with E-state index in [0.29, 0.717) is 15.0 Å². The summed E-state index contributed by atoms with van der Waals surface area (Å²) in [5.74, 6) is 0. The number of anilines is 1. The molecule has 0 spiro atoms. The van der Waals surface area contributed by atoms with E-state index < -0.39 is 0 Å². The van der Waals surface area contributed by atoms with Crippen LogP contribution in [0.15, 0.2) is 21.1 Å². The average molecular weight is 515 g/mol. The van der Waals surface area contributed by atoms with Gasteiger partial charge in [-0.15, -0.1) is 0 Å². The molecule has 144 valence electrons. The van der Waals surface area contributed by atoms with Gasteiger partial charge in [0, 0.05) is 0 Å². The van der Waals surface area contributed by atoms with Crippen LogP contribution in [0.1, 0.15) is 32.1 Å². The van der Waals surface area contributed by atoms with Crippen LogP contribution in [0.3, 0.4) is 0 Å². The van der Waals surface area contributed by atoms with Crippen molar-refractivity contribution in [1.29, 1.82) is 0 Å². The van der Waals surface area contributed by atoms with Crippen LogP contribution in [0.25, 0.3) is 10.2 Å². The van der Waals surface area contributed by atoms with Crippen molar-refractivity contribution in [2.24, 2.45) is 9.98 Å². The van der Waals surface area contributed by atoms with Crippen molar-refractivity contribution in [2.75, 3.05) is 11.9 Å². The zero-order valence-corrected chi connectivity index (χ0v) is 18.6. The standard InChI is InChI=1S/C19H22ClIN5S/c20-12-6-15-18(22-9-12)26(11-23-15)10-13-7-17-16(8-21-13)25-19(27-17)24-14-4-2-1-3-5-14/h6-9,11,13-15,18H,1-5,10H2,(H,24,25)/q-1. The molecule has 5 rings (SSSR count). The molecule has 0 amide bonds. The van der Waals surface area contributed by atoms with Crippen molar-refractivity contribution >= 4 is 50.8 Å². The van der Waals surface area contributed by atoms with E-state index in [9.17, 15) is 0 Å². The molecule has 3 aliphatic heterocycles. The molecule has 27 heavy (non-hydrogen) atoms. The van der Waals surface area contributed by atoms with Crippen LogP contribution in [0.4, 0.5) is 5.13 Å². The van der Waals surface area contributed by atoms with E-state index in [2.05, 4.69) is 30.4 Å². The van der Waals surface area contributed by atoms with Gasteiger partial charge in [0.25, 0.3) is 0 Å². The molecule has 4 heterocycles. The normalized spacial score (nSPS) is 29.9. The van der Waals surface area contributed by atoms with Crippen molar-refractivity contribution in [1.82, 2.24) is 9.88 Å². The van der Waals surface area contributed by atoms with Gasteiger partial charge >= 0.3 is 179 Å². The van der Waals surface area contributed by atoms with Crippen molar-refractivity contribution in [3.05, 3.63) is 21.0 Å². The Kier molecular flexibility index (Phi) is 5.26. The monoisotopic (exact) mass is 514 g/mol. The number of nitrogens with one attached hydrogen (secondary N) is 1. The van der Waals surface area contributed by atoms with E-state index in [0.717, 1.165) is 11.7 Å². The van der Waals surface area contributed by atoms with Crippen molar-refractivity contribution in [3.8, 4) is 0 Å². The number of dihydropyridines is 1. The number of rotatable bonds is 4. The Morgan fingerprint density at radius 3 is 3.00 bits per heavy atom. The van der Waals surface area contributed by atoms with E-state index >= 15 is 0 Å². The number of allylic oxidation sites excluding steroid dienone is 1. The second-order valence-electron chi connectivity index (χ2n) is 7.36. The molecule has 0 bridgehead atoms. The molecule has 0 saturated heterocycles. The maximum atomic E-state index is 6.05. The zero-order valence-electron chi connectivity index (χ0n) is 14.9. The molecule has 1 N–H and O–H groups in total. The van der Waals surface area contributed by atoms with Crippen LogP contribution in [0.5, 0.6) is 0 Å². The van der Waals surface area contributed by atoms with Gasteiger partial charge in [-0.25, -0.2) is 0 Å². The third-order valence-corrected chi connectivity index (χ3v) is 9.19. The number of thiazole rings is 1. The summed E-state index contributed by atoms with van der Waals surface area (Å²) in [7, 11) is 0. The summed E-state index contributed by atoms with van der Waals surface area (Å²) >= 11 is 7.81. The van der Waals surface area contributed by atoms with E-state index in [1.54, 1.807) is 6.21 Å². The van der Waals surface area contributed by atoms with Crippen LogP contribution in [0, 0.1) is 0 Å². The first kappa shape index (κ1) is 18.1. The molecular weight excluding hydrogens is 493 g/mol. The first-order chi connectivity index (χ1) is 13.2. The van der Waals surface area contributed by atoms with Gasteiger partial charge in [-0.2, -0.15) is 0 Å². The van der Waals surface area contributed by atoms with E-state index in [1.807, 2.05) is 23.8 Å². The van der Waals surface area contributed by atoms with Crippen molar-refractivity contribution in [2.45, 2.75) is 54.3 Å².